The van der Waals surface area contributed by atoms with Crippen LogP contribution in [-0.2, 0) is 0 Å². The number of amides is 1. The van der Waals surface area contributed by atoms with E-state index < -0.39 is 61.3 Å². The summed E-state index contributed by atoms with van der Waals surface area (Å²) in [5, 5.41) is 17.8. The number of nitrogens with one attached hydrogen (secondary N) is 1. The van der Waals surface area contributed by atoms with Gasteiger partial charge < -0.3 is 10.0 Å². The molecule has 1 saturated heterocycles. The molecule has 4 rings (SSSR count). The van der Waals surface area contributed by atoms with Crippen molar-refractivity contribution in [3.05, 3.63) is 46.1 Å². The molecular weight excluding hydrogens is 474 g/mol. The molecule has 0 aliphatic carbocycles. The lowest BCUT2D eigenvalue weighted by Gasteiger charge is -2.42. The van der Waals surface area contributed by atoms with Crippen LogP contribution < -0.4 is 5.56 Å². The summed E-state index contributed by atoms with van der Waals surface area (Å²) in [5.74, 6) is -2.80. The lowest BCUT2D eigenvalue weighted by Crippen LogP contribution is -2.63. The van der Waals surface area contributed by atoms with Gasteiger partial charge >= 0.3 is 12.4 Å². The molecule has 1 aliphatic heterocycles. The van der Waals surface area contributed by atoms with Crippen LogP contribution in [-0.4, -0.2) is 71.3 Å². The van der Waals surface area contributed by atoms with E-state index in [-0.39, 0.29) is 22.7 Å². The van der Waals surface area contributed by atoms with Crippen LogP contribution in [0.5, 0.6) is 0 Å². The van der Waals surface area contributed by atoms with E-state index in [4.69, 9.17) is 0 Å². The molecule has 15 heteroatoms. The number of fused-ring (bicyclic) bond motifs is 1. The first kappa shape index (κ1) is 23.8. The number of carbonyl (C=O) groups is 1. The van der Waals surface area contributed by atoms with Crippen LogP contribution in [0.3, 0.4) is 0 Å². The Morgan fingerprint density at radius 2 is 1.76 bits per heavy atom. The van der Waals surface area contributed by atoms with Crippen molar-refractivity contribution in [2.75, 3.05) is 13.1 Å². The second kappa shape index (κ2) is 7.85. The third kappa shape index (κ3) is 3.63. The molecule has 1 aliphatic rings. The maximum absolute atomic E-state index is 13.1. The van der Waals surface area contributed by atoms with Gasteiger partial charge in [-0.1, -0.05) is 0 Å². The van der Waals surface area contributed by atoms with Gasteiger partial charge in [0, 0.05) is 25.2 Å². The molecular formula is C19H18F6N6O3. The van der Waals surface area contributed by atoms with Gasteiger partial charge in [-0.05, 0) is 31.9 Å². The highest BCUT2D eigenvalue weighted by molar-refractivity contribution is 5.95. The minimum Gasteiger partial charge on any atom is -0.373 e. The molecule has 184 valence electrons. The van der Waals surface area contributed by atoms with E-state index in [1.165, 1.54) is 28.5 Å². The third-order valence-corrected chi connectivity index (χ3v) is 6.07. The number of alkyl halides is 6. The van der Waals surface area contributed by atoms with Crippen molar-refractivity contribution in [2.45, 2.75) is 37.7 Å². The van der Waals surface area contributed by atoms with Crippen molar-refractivity contribution in [1.82, 2.24) is 29.3 Å². The largest absolute Gasteiger partial charge is 0.426 e. The number of H-pyrrole nitrogens is 1. The first-order valence-electron chi connectivity index (χ1n) is 10.0. The Kier molecular flexibility index (Phi) is 5.49. The Bertz CT molecular complexity index is 1270. The number of nitrogens with zero attached hydrogens (tertiary/aromatic N) is 5. The fourth-order valence-electron chi connectivity index (χ4n) is 4.15. The van der Waals surface area contributed by atoms with Crippen molar-refractivity contribution < 1.29 is 36.2 Å². The van der Waals surface area contributed by atoms with E-state index in [0.717, 1.165) is 4.90 Å². The number of hydrogen-bond acceptors (Lipinski definition) is 5. The number of halogens is 6. The summed E-state index contributed by atoms with van der Waals surface area (Å²) >= 11 is 0. The number of hydrogen-bond donors (Lipinski definition) is 2. The quantitative estimate of drug-likeness (QED) is 0.546. The highest BCUT2D eigenvalue weighted by Crippen LogP contribution is 2.50. The molecule has 0 radical (unpaired) electrons. The third-order valence-electron chi connectivity index (χ3n) is 6.07. The maximum Gasteiger partial charge on any atom is 0.426 e. The highest BCUT2D eigenvalue weighted by Gasteiger charge is 2.73. The van der Waals surface area contributed by atoms with E-state index in [2.05, 4.69) is 15.2 Å². The molecule has 0 spiro atoms. The monoisotopic (exact) mass is 492 g/mol. The minimum atomic E-state index is -5.91. The lowest BCUT2D eigenvalue weighted by molar-refractivity contribution is -0.387. The van der Waals surface area contributed by atoms with Crippen LogP contribution in [0, 0.1) is 12.8 Å². The van der Waals surface area contributed by atoms with Gasteiger partial charge in [0.05, 0.1) is 17.5 Å². The van der Waals surface area contributed by atoms with E-state index in [1.54, 1.807) is 12.1 Å². The van der Waals surface area contributed by atoms with Crippen molar-refractivity contribution in [3.63, 3.8) is 0 Å². The first-order valence-corrected chi connectivity index (χ1v) is 10.0. The molecule has 0 bridgehead atoms. The zero-order valence-corrected chi connectivity index (χ0v) is 17.5. The first-order chi connectivity index (χ1) is 15.8. The average Bonchev–Trinajstić information content (AvgIpc) is 3.38. The van der Waals surface area contributed by atoms with Crippen LogP contribution in [0.2, 0.25) is 0 Å². The summed E-state index contributed by atoms with van der Waals surface area (Å²) in [6.45, 7) is 0.652. The van der Waals surface area contributed by atoms with Crippen molar-refractivity contribution in [1.29, 1.82) is 0 Å². The number of likely N-dealkylation sites (tertiary alicyclic amines) is 1. The van der Waals surface area contributed by atoms with E-state index in [1.807, 2.05) is 0 Å². The van der Waals surface area contributed by atoms with E-state index in [9.17, 15) is 41.0 Å². The number of aromatic amines is 1. The second-order valence-corrected chi connectivity index (χ2v) is 8.00. The highest BCUT2D eigenvalue weighted by atomic mass is 19.4. The standard InChI is InChI=1S/C19H18F6N6O3/c1-10-12(9-26-31(10)16-27-14(32)13-3-2-6-30(13)28-16)15(33)29-7-4-11(5-8-29)17(34,18(20,21)22)19(23,24)25/h2-3,6,9,11,34H,4-5,7-8H2,1H3,(H,27,28,32). The van der Waals surface area contributed by atoms with Crippen molar-refractivity contribution in [2.24, 2.45) is 5.92 Å². The molecule has 0 unspecified atom stereocenters. The predicted octanol–water partition coefficient (Wildman–Crippen LogP) is 2.22. The minimum absolute atomic E-state index is 0.00405. The van der Waals surface area contributed by atoms with Gasteiger partial charge in [-0.2, -0.15) is 31.4 Å². The fraction of sp³-hybridized carbons (Fsp3) is 0.474. The Labute approximate surface area is 186 Å². The van der Waals surface area contributed by atoms with Crippen LogP contribution in [0.1, 0.15) is 28.9 Å². The van der Waals surface area contributed by atoms with Crippen molar-refractivity contribution >= 4 is 11.4 Å². The number of rotatable bonds is 3. The summed E-state index contributed by atoms with van der Waals surface area (Å²) in [6.07, 6.45) is -10.5. The van der Waals surface area contributed by atoms with Crippen LogP contribution >= 0.6 is 0 Å². The van der Waals surface area contributed by atoms with Gasteiger partial charge in [-0.15, -0.1) is 5.10 Å². The van der Waals surface area contributed by atoms with Gasteiger partial charge in [0.25, 0.3) is 17.1 Å². The summed E-state index contributed by atoms with van der Waals surface area (Å²) in [4.78, 5) is 28.7. The lowest BCUT2D eigenvalue weighted by atomic mass is 9.79. The predicted molar refractivity (Wildman–Crippen MR) is 103 cm³/mol. The van der Waals surface area contributed by atoms with Gasteiger partial charge in [0.15, 0.2) is 0 Å². The molecule has 2 N–H and O–H groups in total. The molecule has 0 saturated carbocycles. The van der Waals surface area contributed by atoms with E-state index in [0.29, 0.717) is 0 Å². The fourth-order valence-corrected chi connectivity index (χ4v) is 4.15. The molecule has 1 fully saturated rings. The van der Waals surface area contributed by atoms with Gasteiger partial charge in [-0.3, -0.25) is 14.6 Å². The Morgan fingerprint density at radius 3 is 2.35 bits per heavy atom. The summed E-state index contributed by atoms with van der Waals surface area (Å²) in [6, 6.07) is 3.15. The van der Waals surface area contributed by atoms with Crippen molar-refractivity contribution in [3.8, 4) is 5.95 Å². The molecule has 0 atom stereocenters. The number of carbonyl (C=O) groups excluding carboxylic acids is 1. The maximum atomic E-state index is 13.1. The van der Waals surface area contributed by atoms with Crippen LogP contribution in [0.25, 0.3) is 11.5 Å². The average molecular weight is 492 g/mol. The molecule has 4 heterocycles. The molecule has 3 aromatic rings. The number of piperidine rings is 1. The molecule has 3 aromatic heterocycles. The number of aromatic nitrogens is 5. The van der Waals surface area contributed by atoms with Gasteiger partial charge in [0.1, 0.15) is 5.52 Å². The van der Waals surface area contributed by atoms with Gasteiger partial charge in [0.2, 0.25) is 5.95 Å². The Hall–Kier alpha value is -3.36. The molecule has 34 heavy (non-hydrogen) atoms. The normalized spacial score (nSPS) is 16.4. The Balaban J connectivity index is 1.54. The Morgan fingerprint density at radius 1 is 1.15 bits per heavy atom. The smallest absolute Gasteiger partial charge is 0.373 e. The summed E-state index contributed by atoms with van der Waals surface area (Å²) in [5.41, 5.74) is -4.74. The van der Waals surface area contributed by atoms with Crippen LogP contribution in [0.4, 0.5) is 26.3 Å². The molecule has 9 nitrogen and oxygen atoms in total. The zero-order valence-electron chi connectivity index (χ0n) is 17.5. The SMILES string of the molecule is Cc1c(C(=O)N2CCC(C(O)(C(F)(F)F)C(F)(F)F)CC2)cnn1-c1nn2cccc2c(=O)[nH]1. The number of aliphatic hydroxyl groups is 1. The summed E-state index contributed by atoms with van der Waals surface area (Å²) in [7, 11) is 0. The van der Waals surface area contributed by atoms with Gasteiger partial charge in [-0.25, -0.2) is 9.20 Å². The van der Waals surface area contributed by atoms with Crippen LogP contribution in [0.15, 0.2) is 29.3 Å². The van der Waals surface area contributed by atoms with E-state index >= 15 is 0 Å². The summed E-state index contributed by atoms with van der Waals surface area (Å²) < 4.78 is 81.3. The molecule has 0 aromatic carbocycles. The zero-order chi connectivity index (χ0) is 25.1. The second-order valence-electron chi connectivity index (χ2n) is 8.00. The topological polar surface area (TPSA) is 109 Å². The molecule has 1 amide bonds.